The molecule has 0 unspecified atom stereocenters. The van der Waals surface area contributed by atoms with Gasteiger partial charge in [-0.25, -0.2) is 0 Å². The first-order chi connectivity index (χ1) is 7.51. The molecule has 0 fully saturated rings. The van der Waals surface area contributed by atoms with Gasteiger partial charge in [0.25, 0.3) is 0 Å². The summed E-state index contributed by atoms with van der Waals surface area (Å²) in [7, 11) is 2.36. The van der Waals surface area contributed by atoms with Crippen LogP contribution in [0.5, 0.6) is 0 Å². The van der Waals surface area contributed by atoms with Crippen LogP contribution in [0.2, 0.25) is 6.04 Å². The Morgan fingerprint density at radius 3 is 1.94 bits per heavy atom. The molecule has 5 heteroatoms. The van der Waals surface area contributed by atoms with Gasteiger partial charge in [-0.05, 0) is 18.9 Å². The van der Waals surface area contributed by atoms with Gasteiger partial charge in [-0.3, -0.25) is 0 Å². The number of rotatable bonds is 9. The zero-order valence-electron chi connectivity index (χ0n) is 10.7. The summed E-state index contributed by atoms with van der Waals surface area (Å²) in [5.74, 6) is 0.625. The molecule has 0 aromatic rings. The molecular formula is C11H22O4Si. The molecule has 0 radical (unpaired) electrons. The predicted octanol–water partition coefficient (Wildman–Crippen LogP) is 2.36. The van der Waals surface area contributed by atoms with Crippen molar-refractivity contribution in [1.29, 1.82) is 0 Å². The highest BCUT2D eigenvalue weighted by Gasteiger charge is 2.36. The summed E-state index contributed by atoms with van der Waals surface area (Å²) in [6.07, 6.45) is 0.800. The fraction of sp³-hybridized carbons (Fsp3) is 0.636. The second kappa shape index (κ2) is 7.62. The molecule has 0 aromatic heterocycles. The molecule has 4 nitrogen and oxygen atoms in total. The van der Waals surface area contributed by atoms with Crippen molar-refractivity contribution in [2.75, 3.05) is 27.9 Å². The molecule has 0 heterocycles. The van der Waals surface area contributed by atoms with E-state index in [9.17, 15) is 0 Å². The SMILES string of the molecule is C=C(C)C(=C)OCCC[Si](OC)(OC)OC. The van der Waals surface area contributed by atoms with Crippen LogP contribution in [0.4, 0.5) is 0 Å². The Kier molecular flexibility index (Phi) is 7.32. The summed E-state index contributed by atoms with van der Waals surface area (Å²) < 4.78 is 21.3. The van der Waals surface area contributed by atoms with Gasteiger partial charge in [0.15, 0.2) is 0 Å². The third-order valence-corrected chi connectivity index (χ3v) is 5.14. The first-order valence-electron chi connectivity index (χ1n) is 5.14. The minimum atomic E-state index is -2.45. The number of ether oxygens (including phenoxy) is 1. The van der Waals surface area contributed by atoms with Crippen molar-refractivity contribution in [1.82, 2.24) is 0 Å². The molecule has 0 atom stereocenters. The molecule has 0 rings (SSSR count). The van der Waals surface area contributed by atoms with Gasteiger partial charge in [-0.2, -0.15) is 0 Å². The van der Waals surface area contributed by atoms with Gasteiger partial charge >= 0.3 is 8.80 Å². The normalized spacial score (nSPS) is 11.2. The van der Waals surface area contributed by atoms with E-state index in [0.29, 0.717) is 12.4 Å². The average Bonchev–Trinajstić information content (AvgIpc) is 2.30. The lowest BCUT2D eigenvalue weighted by molar-refractivity contribution is 0.119. The van der Waals surface area contributed by atoms with Crippen LogP contribution >= 0.6 is 0 Å². The lowest BCUT2D eigenvalue weighted by Gasteiger charge is -2.24. The maximum atomic E-state index is 5.39. The highest BCUT2D eigenvalue weighted by atomic mass is 28.4. The van der Waals surface area contributed by atoms with E-state index in [1.54, 1.807) is 21.3 Å². The van der Waals surface area contributed by atoms with Crippen molar-refractivity contribution in [3.05, 3.63) is 24.5 Å². The van der Waals surface area contributed by atoms with Crippen LogP contribution in [0.25, 0.3) is 0 Å². The number of hydrogen-bond donors (Lipinski definition) is 0. The predicted molar refractivity (Wildman–Crippen MR) is 66.1 cm³/mol. The fourth-order valence-corrected chi connectivity index (χ4v) is 2.85. The molecule has 0 amide bonds. The standard InChI is InChI=1S/C11H22O4Si/c1-10(2)11(3)15-8-7-9-16(12-4,13-5)14-6/h1,3,7-9H2,2,4-6H3. The molecule has 0 bridgehead atoms. The third-order valence-electron chi connectivity index (χ3n) is 2.31. The molecule has 0 aliphatic heterocycles. The van der Waals surface area contributed by atoms with E-state index in [0.717, 1.165) is 18.0 Å². The van der Waals surface area contributed by atoms with E-state index >= 15 is 0 Å². The van der Waals surface area contributed by atoms with Crippen molar-refractivity contribution >= 4 is 8.80 Å². The fourth-order valence-electron chi connectivity index (χ4n) is 1.16. The monoisotopic (exact) mass is 246 g/mol. The van der Waals surface area contributed by atoms with E-state index in [4.69, 9.17) is 18.0 Å². The van der Waals surface area contributed by atoms with Gasteiger partial charge in [0.05, 0.1) is 6.61 Å². The van der Waals surface area contributed by atoms with Crippen LogP contribution in [0.15, 0.2) is 24.5 Å². The topological polar surface area (TPSA) is 36.9 Å². The van der Waals surface area contributed by atoms with Crippen molar-refractivity contribution < 1.29 is 18.0 Å². The summed E-state index contributed by atoms with van der Waals surface area (Å²) in [6.45, 7) is 9.91. The van der Waals surface area contributed by atoms with E-state index in [-0.39, 0.29) is 0 Å². The molecule has 0 spiro atoms. The molecule has 0 aliphatic carbocycles. The Morgan fingerprint density at radius 2 is 1.56 bits per heavy atom. The summed E-state index contributed by atoms with van der Waals surface area (Å²) in [5, 5.41) is 0. The Hall–Kier alpha value is -0.623. The molecule has 94 valence electrons. The quantitative estimate of drug-likeness (QED) is 0.271. The van der Waals surface area contributed by atoms with E-state index in [1.165, 1.54) is 0 Å². The summed E-state index contributed by atoms with van der Waals surface area (Å²) in [5.41, 5.74) is 0.841. The first-order valence-corrected chi connectivity index (χ1v) is 7.07. The smallest absolute Gasteiger partial charge is 0.494 e. The Labute approximate surface area is 99.2 Å². The van der Waals surface area contributed by atoms with Crippen LogP contribution in [-0.2, 0) is 18.0 Å². The maximum absolute atomic E-state index is 5.39. The van der Waals surface area contributed by atoms with Crippen molar-refractivity contribution in [3.8, 4) is 0 Å². The second-order valence-electron chi connectivity index (χ2n) is 3.45. The summed E-state index contributed by atoms with van der Waals surface area (Å²) in [6, 6.07) is 0.722. The van der Waals surface area contributed by atoms with Crippen molar-refractivity contribution in [2.24, 2.45) is 0 Å². The Morgan fingerprint density at radius 1 is 1.06 bits per heavy atom. The Bertz CT molecular complexity index is 228. The van der Waals surface area contributed by atoms with Gasteiger partial charge in [-0.15, -0.1) is 0 Å². The lowest BCUT2D eigenvalue weighted by atomic mass is 10.3. The molecule has 0 saturated heterocycles. The maximum Gasteiger partial charge on any atom is 0.500 e. The lowest BCUT2D eigenvalue weighted by Crippen LogP contribution is -2.42. The van der Waals surface area contributed by atoms with Crippen LogP contribution in [0.3, 0.4) is 0 Å². The van der Waals surface area contributed by atoms with Crippen LogP contribution in [0, 0.1) is 0 Å². The molecule has 0 saturated carbocycles. The summed E-state index contributed by atoms with van der Waals surface area (Å²) in [4.78, 5) is 0. The van der Waals surface area contributed by atoms with E-state index in [1.807, 2.05) is 6.92 Å². The second-order valence-corrected chi connectivity index (χ2v) is 6.54. The van der Waals surface area contributed by atoms with E-state index in [2.05, 4.69) is 13.2 Å². The zero-order valence-corrected chi connectivity index (χ0v) is 11.7. The molecule has 16 heavy (non-hydrogen) atoms. The van der Waals surface area contributed by atoms with Crippen molar-refractivity contribution in [3.63, 3.8) is 0 Å². The highest BCUT2D eigenvalue weighted by molar-refractivity contribution is 6.60. The molecule has 0 aromatic carbocycles. The van der Waals surface area contributed by atoms with Gasteiger partial charge in [0.2, 0.25) is 0 Å². The van der Waals surface area contributed by atoms with Gasteiger partial charge in [0.1, 0.15) is 5.76 Å². The zero-order chi connectivity index (χ0) is 12.6. The van der Waals surface area contributed by atoms with Crippen molar-refractivity contribution in [2.45, 2.75) is 19.4 Å². The minimum absolute atomic E-state index is 0.566. The molecule has 0 N–H and O–H groups in total. The molecule has 0 aliphatic rings. The first kappa shape index (κ1) is 15.4. The van der Waals surface area contributed by atoms with Gasteiger partial charge < -0.3 is 18.0 Å². The van der Waals surface area contributed by atoms with E-state index < -0.39 is 8.80 Å². The minimum Gasteiger partial charge on any atom is -0.494 e. The van der Waals surface area contributed by atoms with Crippen LogP contribution < -0.4 is 0 Å². The third kappa shape index (κ3) is 4.94. The van der Waals surface area contributed by atoms with Crippen LogP contribution in [-0.4, -0.2) is 36.7 Å². The molecular weight excluding hydrogens is 224 g/mol. The number of allylic oxidation sites excluding steroid dienone is 1. The van der Waals surface area contributed by atoms with Gasteiger partial charge in [0, 0.05) is 27.4 Å². The van der Waals surface area contributed by atoms with Crippen LogP contribution in [0.1, 0.15) is 13.3 Å². The average molecular weight is 246 g/mol. The Balaban J connectivity index is 3.88. The summed E-state index contributed by atoms with van der Waals surface area (Å²) >= 11 is 0. The highest BCUT2D eigenvalue weighted by Crippen LogP contribution is 2.16. The largest absolute Gasteiger partial charge is 0.500 e. The van der Waals surface area contributed by atoms with Gasteiger partial charge in [-0.1, -0.05) is 13.2 Å². The number of hydrogen-bond acceptors (Lipinski definition) is 4.